The number of carbonyl (C=O) groups is 2. The van der Waals surface area contributed by atoms with Crippen molar-refractivity contribution in [1.82, 2.24) is 25.0 Å². The molecule has 2 N–H and O–H groups in total. The predicted octanol–water partition coefficient (Wildman–Crippen LogP) is 3.85. The molecule has 2 aromatic carbocycles. The Kier molecular flexibility index (Phi) is 8.91. The lowest BCUT2D eigenvalue weighted by molar-refractivity contribution is -0.113. The Labute approximate surface area is 210 Å². The number of anilines is 1. The number of aryl methyl sites for hydroxylation is 1. The zero-order valence-corrected chi connectivity index (χ0v) is 20.9. The third kappa shape index (κ3) is 7.66. The van der Waals surface area contributed by atoms with Crippen molar-refractivity contribution in [2.75, 3.05) is 24.2 Å². The summed E-state index contributed by atoms with van der Waals surface area (Å²) in [5.41, 5.74) is 3.45. The number of rotatable bonds is 9. The molecule has 9 heteroatoms. The zero-order chi connectivity index (χ0) is 24.5. The van der Waals surface area contributed by atoms with E-state index in [1.165, 1.54) is 43.0 Å². The maximum atomic E-state index is 12.8. The minimum absolute atomic E-state index is 0.170. The molecular formula is C26H32N6O2S. The van der Waals surface area contributed by atoms with E-state index in [0.29, 0.717) is 23.0 Å². The monoisotopic (exact) mass is 492 g/mol. The van der Waals surface area contributed by atoms with Gasteiger partial charge in [-0.3, -0.25) is 14.5 Å². The molecule has 35 heavy (non-hydrogen) atoms. The van der Waals surface area contributed by atoms with Gasteiger partial charge in [-0.25, -0.2) is 0 Å². The number of nitrogens with one attached hydrogen (secondary N) is 2. The van der Waals surface area contributed by atoms with Crippen LogP contribution in [0.4, 0.5) is 5.69 Å². The molecule has 2 amide bonds. The summed E-state index contributed by atoms with van der Waals surface area (Å²) in [6.45, 7) is 3.73. The number of hydrogen-bond acceptors (Lipinski definition) is 6. The predicted molar refractivity (Wildman–Crippen MR) is 138 cm³/mol. The van der Waals surface area contributed by atoms with Gasteiger partial charge in [-0.1, -0.05) is 54.9 Å². The van der Waals surface area contributed by atoms with Gasteiger partial charge in [-0.05, 0) is 55.3 Å². The highest BCUT2D eigenvalue weighted by molar-refractivity contribution is 7.99. The van der Waals surface area contributed by atoms with Crippen LogP contribution in [0.1, 0.15) is 47.2 Å². The maximum Gasteiger partial charge on any atom is 0.251 e. The minimum Gasteiger partial charge on any atom is -0.348 e. The highest BCUT2D eigenvalue weighted by Crippen LogP contribution is 2.17. The van der Waals surface area contributed by atoms with E-state index in [0.717, 1.165) is 25.2 Å². The van der Waals surface area contributed by atoms with Crippen molar-refractivity contribution < 1.29 is 9.59 Å². The summed E-state index contributed by atoms with van der Waals surface area (Å²) >= 11 is 1.31. The highest BCUT2D eigenvalue weighted by atomic mass is 32.2. The van der Waals surface area contributed by atoms with Crippen LogP contribution in [0.2, 0.25) is 0 Å². The Bertz CT molecular complexity index is 1140. The van der Waals surface area contributed by atoms with Gasteiger partial charge < -0.3 is 15.2 Å². The average molecular weight is 493 g/mol. The van der Waals surface area contributed by atoms with Crippen LogP contribution >= 0.6 is 11.8 Å². The molecule has 2 heterocycles. The third-order valence-corrected chi connectivity index (χ3v) is 6.99. The molecule has 1 aliphatic rings. The first-order valence-corrected chi connectivity index (χ1v) is 13.0. The van der Waals surface area contributed by atoms with Crippen molar-refractivity contribution in [2.24, 2.45) is 7.05 Å². The lowest BCUT2D eigenvalue weighted by Crippen LogP contribution is -2.25. The fourth-order valence-electron chi connectivity index (χ4n) is 4.14. The van der Waals surface area contributed by atoms with E-state index in [2.05, 4.69) is 43.9 Å². The van der Waals surface area contributed by atoms with E-state index >= 15 is 0 Å². The van der Waals surface area contributed by atoms with Gasteiger partial charge in [0.1, 0.15) is 6.33 Å². The number of amides is 2. The second-order valence-electron chi connectivity index (χ2n) is 8.84. The van der Waals surface area contributed by atoms with Crippen molar-refractivity contribution in [2.45, 2.75) is 43.9 Å². The van der Waals surface area contributed by atoms with Crippen LogP contribution in [0.15, 0.2) is 60.0 Å². The van der Waals surface area contributed by atoms with Crippen LogP contribution in [0, 0.1) is 0 Å². The molecular weight excluding hydrogens is 460 g/mol. The fraction of sp³-hybridized carbons (Fsp3) is 0.385. The molecule has 1 fully saturated rings. The number of likely N-dealkylation sites (tertiary alicyclic amines) is 1. The molecule has 184 valence electrons. The molecule has 1 aliphatic heterocycles. The zero-order valence-electron chi connectivity index (χ0n) is 20.1. The van der Waals surface area contributed by atoms with Gasteiger partial charge in [0.25, 0.3) is 5.91 Å². The van der Waals surface area contributed by atoms with Gasteiger partial charge in [-0.2, -0.15) is 0 Å². The van der Waals surface area contributed by atoms with Gasteiger partial charge in [0.15, 0.2) is 5.16 Å². The fourth-order valence-corrected chi connectivity index (χ4v) is 4.83. The second-order valence-corrected chi connectivity index (χ2v) is 9.78. The number of hydrogen-bond donors (Lipinski definition) is 2. The maximum absolute atomic E-state index is 12.8. The number of aromatic nitrogens is 3. The highest BCUT2D eigenvalue weighted by Gasteiger charge is 2.12. The number of benzene rings is 2. The van der Waals surface area contributed by atoms with Crippen LogP contribution in [-0.4, -0.2) is 50.3 Å². The molecule has 4 rings (SSSR count). The van der Waals surface area contributed by atoms with Crippen molar-refractivity contribution in [1.29, 1.82) is 0 Å². The normalized spacial score (nSPS) is 14.3. The topological polar surface area (TPSA) is 92.1 Å². The molecule has 0 saturated carbocycles. The summed E-state index contributed by atoms with van der Waals surface area (Å²) in [6, 6.07) is 15.4. The quantitative estimate of drug-likeness (QED) is 0.441. The van der Waals surface area contributed by atoms with Crippen molar-refractivity contribution in [3.05, 3.63) is 71.5 Å². The molecule has 0 atom stereocenters. The van der Waals surface area contributed by atoms with E-state index < -0.39 is 0 Å². The molecule has 8 nitrogen and oxygen atoms in total. The van der Waals surface area contributed by atoms with Gasteiger partial charge >= 0.3 is 0 Å². The van der Waals surface area contributed by atoms with Gasteiger partial charge in [-0.15, -0.1) is 10.2 Å². The molecule has 1 aromatic heterocycles. The summed E-state index contributed by atoms with van der Waals surface area (Å²) in [5, 5.41) is 14.3. The summed E-state index contributed by atoms with van der Waals surface area (Å²) in [7, 11) is 1.83. The number of thioether (sulfide) groups is 1. The first kappa shape index (κ1) is 24.9. The average Bonchev–Trinajstić information content (AvgIpc) is 3.10. The SMILES string of the molecule is Cn1cnnc1SCC(=O)Nc1cccc(C(=O)NCc2cccc(CN3CCCCCC3)c2)c1. The first-order chi connectivity index (χ1) is 17.1. The van der Waals surface area contributed by atoms with E-state index in [9.17, 15) is 9.59 Å². The van der Waals surface area contributed by atoms with Crippen LogP contribution < -0.4 is 10.6 Å². The van der Waals surface area contributed by atoms with Crippen molar-refractivity contribution in [3.63, 3.8) is 0 Å². The third-order valence-electron chi connectivity index (χ3n) is 5.96. The van der Waals surface area contributed by atoms with E-state index in [1.807, 2.05) is 13.1 Å². The first-order valence-electron chi connectivity index (χ1n) is 12.0. The summed E-state index contributed by atoms with van der Waals surface area (Å²) in [6.07, 6.45) is 6.80. The van der Waals surface area contributed by atoms with Crippen LogP contribution in [-0.2, 0) is 24.9 Å². The number of carbonyl (C=O) groups excluding carboxylic acids is 2. The Morgan fingerprint density at radius 2 is 1.77 bits per heavy atom. The lowest BCUT2D eigenvalue weighted by Gasteiger charge is -2.20. The summed E-state index contributed by atoms with van der Waals surface area (Å²) < 4.78 is 1.76. The van der Waals surface area contributed by atoms with E-state index in [-0.39, 0.29) is 17.6 Å². The Morgan fingerprint density at radius 3 is 2.54 bits per heavy atom. The van der Waals surface area contributed by atoms with Crippen molar-refractivity contribution >= 4 is 29.3 Å². The van der Waals surface area contributed by atoms with Crippen LogP contribution in [0.5, 0.6) is 0 Å². The van der Waals surface area contributed by atoms with Crippen molar-refractivity contribution in [3.8, 4) is 0 Å². The standard InChI is InChI=1S/C26H32N6O2S/c1-31-19-28-30-26(31)35-18-24(33)29-23-11-7-10-22(15-23)25(34)27-16-20-8-6-9-21(14-20)17-32-12-4-2-3-5-13-32/h6-11,14-15,19H,2-5,12-13,16-18H2,1H3,(H,27,34)(H,29,33). The number of nitrogens with zero attached hydrogens (tertiary/aromatic N) is 4. The van der Waals surface area contributed by atoms with Crippen LogP contribution in [0.3, 0.4) is 0 Å². The Morgan fingerprint density at radius 1 is 1.00 bits per heavy atom. The molecule has 3 aromatic rings. The summed E-state index contributed by atoms with van der Waals surface area (Å²) in [5.74, 6) is -0.138. The van der Waals surface area contributed by atoms with Gasteiger partial charge in [0.05, 0.1) is 5.75 Å². The van der Waals surface area contributed by atoms with E-state index in [1.54, 1.807) is 35.2 Å². The van der Waals surface area contributed by atoms with Crippen LogP contribution in [0.25, 0.3) is 0 Å². The van der Waals surface area contributed by atoms with Gasteiger partial charge in [0, 0.05) is 31.4 Å². The van der Waals surface area contributed by atoms with E-state index in [4.69, 9.17) is 0 Å². The summed E-state index contributed by atoms with van der Waals surface area (Å²) in [4.78, 5) is 27.6. The molecule has 0 unspecified atom stereocenters. The minimum atomic E-state index is -0.174. The van der Waals surface area contributed by atoms with Gasteiger partial charge in [0.2, 0.25) is 5.91 Å². The molecule has 0 radical (unpaired) electrons. The second kappa shape index (κ2) is 12.5. The lowest BCUT2D eigenvalue weighted by atomic mass is 10.1. The Hall–Kier alpha value is -3.17. The molecule has 0 spiro atoms. The largest absolute Gasteiger partial charge is 0.348 e. The molecule has 1 saturated heterocycles. The Balaban J connectivity index is 1.28. The smallest absolute Gasteiger partial charge is 0.251 e. The molecule has 0 aliphatic carbocycles. The molecule has 0 bridgehead atoms.